The van der Waals surface area contributed by atoms with Crippen LogP contribution in [-0.2, 0) is 4.74 Å². The molecule has 2 aromatic heterocycles. The summed E-state index contributed by atoms with van der Waals surface area (Å²) in [5, 5.41) is 1.99. The van der Waals surface area contributed by atoms with Gasteiger partial charge in [0.25, 0.3) is 0 Å². The van der Waals surface area contributed by atoms with Gasteiger partial charge in [0.1, 0.15) is 0 Å². The van der Waals surface area contributed by atoms with Crippen LogP contribution < -0.4 is 0 Å². The molecule has 6 rings (SSSR count). The zero-order valence-electron chi connectivity index (χ0n) is 21.0. The number of esters is 1. The van der Waals surface area contributed by atoms with Gasteiger partial charge in [-0.1, -0.05) is 90.5 Å². The third-order valence-corrected chi connectivity index (χ3v) is 7.09. The molecule has 0 saturated carbocycles. The van der Waals surface area contributed by atoms with Gasteiger partial charge in [-0.25, -0.2) is 9.78 Å². The van der Waals surface area contributed by atoms with Gasteiger partial charge >= 0.3 is 5.97 Å². The summed E-state index contributed by atoms with van der Waals surface area (Å²) in [6, 6.07) is 31.4. The summed E-state index contributed by atoms with van der Waals surface area (Å²) < 4.78 is 6.10. The molecule has 1 unspecified atom stereocenters. The van der Waals surface area contributed by atoms with E-state index in [4.69, 9.17) is 21.3 Å². The molecule has 190 valence electrons. The van der Waals surface area contributed by atoms with Crippen molar-refractivity contribution in [1.29, 1.82) is 0 Å². The van der Waals surface area contributed by atoms with Crippen molar-refractivity contribution in [1.82, 2.24) is 9.97 Å². The third-order valence-electron chi connectivity index (χ3n) is 6.86. The Morgan fingerprint density at radius 3 is 2.36 bits per heavy atom. The minimum absolute atomic E-state index is 0.307. The van der Waals surface area contributed by atoms with Crippen molar-refractivity contribution in [2.75, 3.05) is 0 Å². The van der Waals surface area contributed by atoms with Crippen LogP contribution in [0.5, 0.6) is 0 Å². The molecule has 0 radical (unpaired) electrons. The third kappa shape index (κ3) is 4.58. The zero-order valence-corrected chi connectivity index (χ0v) is 21.8. The fourth-order valence-corrected chi connectivity index (χ4v) is 5.16. The van der Waals surface area contributed by atoms with E-state index in [0.29, 0.717) is 43.9 Å². The summed E-state index contributed by atoms with van der Waals surface area (Å²) in [5.74, 6) is -0.908. The van der Waals surface area contributed by atoms with Crippen LogP contribution in [0.15, 0.2) is 109 Å². The Labute approximate surface area is 230 Å². The van der Waals surface area contributed by atoms with E-state index >= 15 is 0 Å². The van der Waals surface area contributed by atoms with Crippen molar-refractivity contribution in [3.05, 3.63) is 137 Å². The van der Waals surface area contributed by atoms with Crippen LogP contribution in [0.2, 0.25) is 5.02 Å². The first-order chi connectivity index (χ1) is 19.0. The van der Waals surface area contributed by atoms with Crippen LogP contribution >= 0.6 is 11.6 Å². The van der Waals surface area contributed by atoms with Gasteiger partial charge in [0.2, 0.25) is 5.78 Å². The van der Waals surface area contributed by atoms with Crippen LogP contribution in [0.3, 0.4) is 0 Å². The number of carbonyl (C=O) groups excluding carboxylic acids is 2. The predicted molar refractivity (Wildman–Crippen MR) is 154 cm³/mol. The van der Waals surface area contributed by atoms with E-state index < -0.39 is 12.1 Å². The van der Waals surface area contributed by atoms with Gasteiger partial charge < -0.3 is 9.72 Å². The Morgan fingerprint density at radius 1 is 0.846 bits per heavy atom. The number of benzene rings is 4. The number of pyridine rings is 1. The number of aromatic nitrogens is 2. The van der Waals surface area contributed by atoms with Crippen molar-refractivity contribution >= 4 is 45.2 Å². The second kappa shape index (κ2) is 10.2. The van der Waals surface area contributed by atoms with Crippen molar-refractivity contribution in [3.63, 3.8) is 0 Å². The number of hydrogen-bond acceptors (Lipinski definition) is 4. The number of carbonyl (C=O) groups is 2. The number of aromatic amines is 1. The van der Waals surface area contributed by atoms with Crippen molar-refractivity contribution < 1.29 is 14.3 Å². The topological polar surface area (TPSA) is 72.0 Å². The molecule has 6 aromatic rings. The van der Waals surface area contributed by atoms with Gasteiger partial charge in [-0.2, -0.15) is 0 Å². The molecule has 0 amide bonds. The second-order valence-electron chi connectivity index (χ2n) is 9.30. The van der Waals surface area contributed by atoms with Gasteiger partial charge in [-0.15, -0.1) is 0 Å². The van der Waals surface area contributed by atoms with Crippen LogP contribution in [0.1, 0.15) is 37.9 Å². The molecule has 0 fully saturated rings. The van der Waals surface area contributed by atoms with Crippen LogP contribution in [0.25, 0.3) is 33.1 Å². The fraction of sp³-hybridized carbons (Fsp3) is 0.0606. The van der Waals surface area contributed by atoms with Gasteiger partial charge in [-0.05, 0) is 36.8 Å². The summed E-state index contributed by atoms with van der Waals surface area (Å²) in [6.45, 7) is 1.84. The molecule has 0 saturated heterocycles. The maximum absolute atomic E-state index is 14.0. The highest BCUT2D eigenvalue weighted by atomic mass is 35.5. The van der Waals surface area contributed by atoms with Gasteiger partial charge in [-0.3, -0.25) is 4.79 Å². The van der Waals surface area contributed by atoms with Crippen LogP contribution in [0, 0.1) is 6.92 Å². The lowest BCUT2D eigenvalue weighted by molar-refractivity contribution is 0.0282. The molecular weight excluding hydrogens is 508 g/mol. The first-order valence-electron chi connectivity index (χ1n) is 12.5. The van der Waals surface area contributed by atoms with Crippen molar-refractivity contribution in [2.45, 2.75) is 13.0 Å². The Balaban J connectivity index is 1.47. The summed E-state index contributed by atoms with van der Waals surface area (Å²) in [4.78, 5) is 35.9. The largest absolute Gasteiger partial charge is 0.445 e. The smallest absolute Gasteiger partial charge is 0.340 e. The van der Waals surface area contributed by atoms with E-state index in [1.807, 2.05) is 91.9 Å². The number of Topliss-reactive ketones (excluding diaryl/α,β-unsaturated/α-hetero) is 1. The molecule has 0 spiro atoms. The normalized spacial score (nSPS) is 11.9. The molecule has 0 aliphatic heterocycles. The fourth-order valence-electron chi connectivity index (χ4n) is 4.97. The molecule has 5 nitrogen and oxygen atoms in total. The second-order valence-corrected chi connectivity index (χ2v) is 9.73. The zero-order chi connectivity index (χ0) is 26.9. The summed E-state index contributed by atoms with van der Waals surface area (Å²) in [7, 11) is 0. The Morgan fingerprint density at radius 2 is 1.56 bits per heavy atom. The average molecular weight is 531 g/mol. The lowest BCUT2D eigenvalue weighted by atomic mass is 9.97. The van der Waals surface area contributed by atoms with Crippen molar-refractivity contribution in [2.24, 2.45) is 0 Å². The number of hydrogen-bond donors (Lipinski definition) is 1. The maximum atomic E-state index is 14.0. The highest BCUT2D eigenvalue weighted by Gasteiger charge is 2.30. The number of nitrogens with one attached hydrogen (secondary N) is 1. The number of nitrogens with zero attached hydrogens (tertiary/aromatic N) is 1. The summed E-state index contributed by atoms with van der Waals surface area (Å²) in [6.07, 6.45) is 0.528. The van der Waals surface area contributed by atoms with E-state index in [0.717, 1.165) is 16.5 Å². The molecular formula is C33H23ClN2O3. The number of ketones is 1. The predicted octanol–water partition coefficient (Wildman–Crippen LogP) is 8.13. The SMILES string of the molecule is Cc1c(-c2cccc(Cl)c2)nc2ccccc2c1C(=O)OC(C(=O)c1c[nH]c2ccccc12)c1ccccc1. The van der Waals surface area contributed by atoms with Crippen LogP contribution in [0.4, 0.5) is 0 Å². The Kier molecular flexibility index (Phi) is 6.43. The van der Waals surface area contributed by atoms with E-state index in [-0.39, 0.29) is 5.78 Å². The molecule has 0 aliphatic rings. The van der Waals surface area contributed by atoms with Gasteiger partial charge in [0.05, 0.1) is 16.8 Å². The Bertz CT molecular complexity index is 1860. The number of rotatable bonds is 6. The number of fused-ring (bicyclic) bond motifs is 2. The first kappa shape index (κ1) is 24.6. The molecule has 1 atom stereocenters. The standard InChI is InChI=1S/C33H23ClN2O3/c1-20-29(25-15-6-8-17-28(25)36-30(20)22-12-9-13-23(34)18-22)33(38)39-32(21-10-3-2-4-11-21)31(37)26-19-35-27-16-7-5-14-24(26)27/h2-19,32,35H,1H3. The van der Waals surface area contributed by atoms with Crippen LogP contribution in [-0.4, -0.2) is 21.7 Å². The number of para-hydroxylation sites is 2. The summed E-state index contributed by atoms with van der Waals surface area (Å²) in [5.41, 5.74) is 4.95. The number of H-pyrrole nitrogens is 1. The highest BCUT2D eigenvalue weighted by Crippen LogP contribution is 2.34. The van der Waals surface area contributed by atoms with Crippen molar-refractivity contribution in [3.8, 4) is 11.3 Å². The molecule has 39 heavy (non-hydrogen) atoms. The average Bonchev–Trinajstić information content (AvgIpc) is 3.40. The quantitative estimate of drug-likeness (QED) is 0.174. The Hall–Kier alpha value is -4.74. The monoisotopic (exact) mass is 530 g/mol. The summed E-state index contributed by atoms with van der Waals surface area (Å²) >= 11 is 6.27. The molecule has 4 aromatic carbocycles. The number of ether oxygens (including phenoxy) is 1. The number of halogens is 1. The van der Waals surface area contributed by atoms with E-state index in [2.05, 4.69) is 4.98 Å². The highest BCUT2D eigenvalue weighted by molar-refractivity contribution is 6.30. The van der Waals surface area contributed by atoms with E-state index in [1.54, 1.807) is 24.4 Å². The minimum Gasteiger partial charge on any atom is -0.445 e. The lowest BCUT2D eigenvalue weighted by Crippen LogP contribution is -2.21. The molecule has 0 aliphatic carbocycles. The molecule has 1 N–H and O–H groups in total. The minimum atomic E-state index is -1.14. The van der Waals surface area contributed by atoms with E-state index in [1.165, 1.54) is 0 Å². The van der Waals surface area contributed by atoms with Gasteiger partial charge in [0.15, 0.2) is 6.10 Å². The first-order valence-corrected chi connectivity index (χ1v) is 12.9. The maximum Gasteiger partial charge on any atom is 0.340 e. The van der Waals surface area contributed by atoms with Gasteiger partial charge in [0, 0.05) is 44.2 Å². The molecule has 2 heterocycles. The molecule has 0 bridgehead atoms. The van der Waals surface area contributed by atoms with E-state index in [9.17, 15) is 9.59 Å². The lowest BCUT2D eigenvalue weighted by Gasteiger charge is -2.20. The molecule has 6 heteroatoms.